The molecule has 1 aromatic rings. The van der Waals surface area contributed by atoms with Gasteiger partial charge in [0.1, 0.15) is 5.69 Å². The van der Waals surface area contributed by atoms with E-state index in [-0.39, 0.29) is 17.5 Å². The molecule has 106 valence electrons. The lowest BCUT2D eigenvalue weighted by Crippen LogP contribution is -2.32. The van der Waals surface area contributed by atoms with Crippen molar-refractivity contribution in [3.63, 3.8) is 0 Å². The number of carbonyl (C=O) groups is 1. The van der Waals surface area contributed by atoms with Crippen LogP contribution in [0.2, 0.25) is 0 Å². The molecule has 6 heteroatoms. The third-order valence-electron chi connectivity index (χ3n) is 3.58. The molecule has 2 atom stereocenters. The van der Waals surface area contributed by atoms with Gasteiger partial charge in [0.05, 0.1) is 12.6 Å². The summed E-state index contributed by atoms with van der Waals surface area (Å²) in [6.45, 7) is 2.28. The van der Waals surface area contributed by atoms with Crippen LogP contribution in [0.5, 0.6) is 0 Å². The molecule has 2 rings (SSSR count). The van der Waals surface area contributed by atoms with Crippen molar-refractivity contribution in [3.8, 4) is 0 Å². The molecule has 0 aliphatic carbocycles. The highest BCUT2D eigenvalue weighted by Gasteiger charge is 2.30. The summed E-state index contributed by atoms with van der Waals surface area (Å²) in [6.07, 6.45) is -0.700. The molecular formula is C13H18F2N2O2. The monoisotopic (exact) mass is 272 g/mol. The zero-order chi connectivity index (χ0) is 14.0. The van der Waals surface area contributed by atoms with Gasteiger partial charge in [-0.25, -0.2) is 8.78 Å². The summed E-state index contributed by atoms with van der Waals surface area (Å²) in [7, 11) is 0. The van der Waals surface area contributed by atoms with Crippen LogP contribution in [0.15, 0.2) is 18.3 Å². The van der Waals surface area contributed by atoms with E-state index >= 15 is 0 Å². The molecule has 1 aromatic heterocycles. The fourth-order valence-corrected chi connectivity index (χ4v) is 2.44. The average Bonchev–Trinajstić information content (AvgIpc) is 2.95. The number of likely N-dealkylation sites (tertiary alicyclic amines) is 1. The Bertz CT molecular complexity index is 446. The summed E-state index contributed by atoms with van der Waals surface area (Å²) in [4.78, 5) is 13.9. The van der Waals surface area contributed by atoms with Gasteiger partial charge in [-0.3, -0.25) is 4.79 Å². The van der Waals surface area contributed by atoms with Gasteiger partial charge >= 0.3 is 0 Å². The number of aromatic nitrogens is 1. The molecule has 1 aliphatic heterocycles. The Balaban J connectivity index is 2.06. The van der Waals surface area contributed by atoms with Gasteiger partial charge in [0.2, 0.25) is 0 Å². The Labute approximate surface area is 110 Å². The quantitative estimate of drug-likeness (QED) is 0.905. The Kier molecular flexibility index (Phi) is 4.19. The van der Waals surface area contributed by atoms with E-state index in [1.165, 1.54) is 10.8 Å². The van der Waals surface area contributed by atoms with E-state index in [4.69, 9.17) is 0 Å². The van der Waals surface area contributed by atoms with Crippen molar-refractivity contribution < 1.29 is 18.7 Å². The van der Waals surface area contributed by atoms with Crippen LogP contribution in [-0.2, 0) is 6.54 Å². The minimum Gasteiger partial charge on any atom is -0.393 e. The Morgan fingerprint density at radius 1 is 1.58 bits per heavy atom. The molecule has 1 aliphatic rings. The van der Waals surface area contributed by atoms with Gasteiger partial charge in [-0.05, 0) is 25.5 Å². The third kappa shape index (κ3) is 3.12. The van der Waals surface area contributed by atoms with E-state index < -0.39 is 19.1 Å². The fourth-order valence-electron chi connectivity index (χ4n) is 2.44. The summed E-state index contributed by atoms with van der Waals surface area (Å²) >= 11 is 0. The molecule has 0 aromatic carbocycles. The molecular weight excluding hydrogens is 254 g/mol. The van der Waals surface area contributed by atoms with Gasteiger partial charge in [0, 0.05) is 25.2 Å². The van der Waals surface area contributed by atoms with Gasteiger partial charge < -0.3 is 14.6 Å². The van der Waals surface area contributed by atoms with E-state index in [0.29, 0.717) is 13.1 Å². The molecule has 1 saturated heterocycles. The summed E-state index contributed by atoms with van der Waals surface area (Å²) in [5.74, 6) is -0.170. The summed E-state index contributed by atoms with van der Waals surface area (Å²) in [6, 6.07) is 3.15. The van der Waals surface area contributed by atoms with Crippen LogP contribution in [0.3, 0.4) is 0 Å². The maximum Gasteiger partial charge on any atom is 0.270 e. The number of amides is 1. The normalized spacial score (nSPS) is 21.1. The van der Waals surface area contributed by atoms with E-state index in [2.05, 4.69) is 0 Å². The molecule has 1 N–H and O–H groups in total. The Morgan fingerprint density at radius 2 is 2.32 bits per heavy atom. The van der Waals surface area contributed by atoms with E-state index in [9.17, 15) is 18.7 Å². The van der Waals surface area contributed by atoms with E-state index in [1.54, 1.807) is 24.0 Å². The van der Waals surface area contributed by atoms with Crippen LogP contribution < -0.4 is 0 Å². The van der Waals surface area contributed by atoms with E-state index in [1.807, 2.05) is 0 Å². The maximum atomic E-state index is 12.4. The van der Waals surface area contributed by atoms with Gasteiger partial charge in [-0.1, -0.05) is 0 Å². The van der Waals surface area contributed by atoms with Crippen molar-refractivity contribution in [2.45, 2.75) is 32.4 Å². The largest absolute Gasteiger partial charge is 0.393 e. The number of carbonyl (C=O) groups excluding carboxylic acids is 1. The second-order valence-electron chi connectivity index (χ2n) is 4.98. The fraction of sp³-hybridized carbons (Fsp3) is 0.615. The number of aliphatic hydroxyl groups is 1. The van der Waals surface area contributed by atoms with Gasteiger partial charge in [-0.2, -0.15) is 0 Å². The Morgan fingerprint density at radius 3 is 2.89 bits per heavy atom. The molecule has 19 heavy (non-hydrogen) atoms. The first kappa shape index (κ1) is 14.0. The average molecular weight is 272 g/mol. The van der Waals surface area contributed by atoms with E-state index in [0.717, 1.165) is 6.42 Å². The molecule has 2 unspecified atom stereocenters. The van der Waals surface area contributed by atoms with Crippen molar-refractivity contribution in [2.75, 3.05) is 13.1 Å². The molecule has 1 amide bonds. The van der Waals surface area contributed by atoms with Crippen LogP contribution >= 0.6 is 0 Å². The van der Waals surface area contributed by atoms with Crippen LogP contribution in [0.1, 0.15) is 23.8 Å². The second-order valence-corrected chi connectivity index (χ2v) is 4.98. The highest BCUT2D eigenvalue weighted by molar-refractivity contribution is 5.93. The SMILES string of the molecule is CC(O)C1CCN(C(=O)c2cccn2CC(F)F)C1. The second kappa shape index (κ2) is 5.69. The van der Waals surface area contributed by atoms with Gasteiger partial charge in [-0.15, -0.1) is 0 Å². The molecule has 0 radical (unpaired) electrons. The summed E-state index contributed by atoms with van der Waals surface area (Å²) in [5.41, 5.74) is 0.284. The summed E-state index contributed by atoms with van der Waals surface area (Å²) in [5, 5.41) is 9.51. The van der Waals surface area contributed by atoms with Crippen molar-refractivity contribution in [2.24, 2.45) is 5.92 Å². The highest BCUT2D eigenvalue weighted by Crippen LogP contribution is 2.22. The molecule has 0 bridgehead atoms. The van der Waals surface area contributed by atoms with Crippen molar-refractivity contribution in [1.29, 1.82) is 0 Å². The number of halogens is 2. The van der Waals surface area contributed by atoms with Gasteiger partial charge in [0.15, 0.2) is 0 Å². The lowest BCUT2D eigenvalue weighted by atomic mass is 10.0. The van der Waals surface area contributed by atoms with Crippen molar-refractivity contribution in [1.82, 2.24) is 9.47 Å². The predicted molar refractivity (Wildman–Crippen MR) is 66.1 cm³/mol. The smallest absolute Gasteiger partial charge is 0.270 e. The minimum atomic E-state index is -2.48. The third-order valence-corrected chi connectivity index (χ3v) is 3.58. The molecule has 0 saturated carbocycles. The number of nitrogens with zero attached hydrogens (tertiary/aromatic N) is 2. The number of alkyl halides is 2. The lowest BCUT2D eigenvalue weighted by Gasteiger charge is -2.18. The van der Waals surface area contributed by atoms with Crippen LogP contribution in [0.25, 0.3) is 0 Å². The highest BCUT2D eigenvalue weighted by atomic mass is 19.3. The minimum absolute atomic E-state index is 0.0717. The number of aliphatic hydroxyl groups excluding tert-OH is 1. The first-order valence-electron chi connectivity index (χ1n) is 6.39. The number of hydrogen-bond donors (Lipinski definition) is 1. The zero-order valence-corrected chi connectivity index (χ0v) is 10.8. The standard InChI is InChI=1S/C13H18F2N2O2/c1-9(18)10-4-6-17(7-10)13(19)11-3-2-5-16(11)8-12(14)15/h2-3,5,9-10,12,18H,4,6-8H2,1H3. The van der Waals surface area contributed by atoms with Crippen LogP contribution in [0, 0.1) is 5.92 Å². The summed E-state index contributed by atoms with van der Waals surface area (Å²) < 4.78 is 26.1. The molecule has 4 nitrogen and oxygen atoms in total. The first-order chi connectivity index (χ1) is 8.99. The Hall–Kier alpha value is -1.43. The maximum absolute atomic E-state index is 12.4. The van der Waals surface area contributed by atoms with Gasteiger partial charge in [0.25, 0.3) is 12.3 Å². The predicted octanol–water partition coefficient (Wildman–Crippen LogP) is 1.60. The molecule has 2 heterocycles. The lowest BCUT2D eigenvalue weighted by molar-refractivity contribution is 0.0742. The van der Waals surface area contributed by atoms with Crippen LogP contribution in [0.4, 0.5) is 8.78 Å². The topological polar surface area (TPSA) is 45.5 Å². The molecule has 1 fully saturated rings. The first-order valence-corrected chi connectivity index (χ1v) is 6.39. The van der Waals surface area contributed by atoms with Crippen molar-refractivity contribution >= 4 is 5.91 Å². The van der Waals surface area contributed by atoms with Crippen LogP contribution in [-0.4, -0.2) is 46.1 Å². The number of hydrogen-bond acceptors (Lipinski definition) is 2. The zero-order valence-electron chi connectivity index (χ0n) is 10.8. The number of rotatable bonds is 4. The molecule has 0 spiro atoms. The van der Waals surface area contributed by atoms with Crippen molar-refractivity contribution in [3.05, 3.63) is 24.0 Å².